The SMILES string of the molecule is [CH2-]c1ccccc1.[CH2-]c1ccccc1.[NH2-].[Pd]. The normalized spacial score (nSPS) is 7.50. The van der Waals surface area contributed by atoms with Crippen molar-refractivity contribution >= 4 is 0 Å². The van der Waals surface area contributed by atoms with Crippen molar-refractivity contribution in [3.63, 3.8) is 0 Å². The fraction of sp³-hybridized carbons (Fsp3) is 0. The summed E-state index contributed by atoms with van der Waals surface area (Å²) in [6, 6.07) is 19.7. The molecule has 16 heavy (non-hydrogen) atoms. The molecule has 90 valence electrons. The van der Waals surface area contributed by atoms with Crippen molar-refractivity contribution in [2.75, 3.05) is 0 Å². The molecule has 2 aromatic rings. The topological polar surface area (TPSA) is 33.5 Å². The van der Waals surface area contributed by atoms with Gasteiger partial charge < -0.3 is 6.15 Å². The largest absolute Gasteiger partial charge is 0.693 e. The Morgan fingerprint density at radius 2 is 0.812 bits per heavy atom. The van der Waals surface area contributed by atoms with Crippen LogP contribution in [0.15, 0.2) is 60.7 Å². The van der Waals surface area contributed by atoms with Crippen LogP contribution in [0.25, 0.3) is 6.15 Å². The van der Waals surface area contributed by atoms with Gasteiger partial charge in [-0.15, -0.1) is 24.3 Å². The number of benzene rings is 2. The predicted molar refractivity (Wildman–Crippen MR) is 67.1 cm³/mol. The summed E-state index contributed by atoms with van der Waals surface area (Å²) in [5.41, 5.74) is 2.14. The van der Waals surface area contributed by atoms with E-state index in [0.717, 1.165) is 11.1 Å². The molecule has 0 heterocycles. The van der Waals surface area contributed by atoms with Gasteiger partial charge in [-0.3, -0.25) is 0 Å². The van der Waals surface area contributed by atoms with Crippen LogP contribution in [-0.4, -0.2) is 0 Å². The van der Waals surface area contributed by atoms with E-state index >= 15 is 0 Å². The molecule has 0 aliphatic carbocycles. The predicted octanol–water partition coefficient (Wildman–Crippen LogP) is 4.45. The minimum atomic E-state index is 0. The summed E-state index contributed by atoms with van der Waals surface area (Å²) in [6.45, 7) is 7.44. The minimum absolute atomic E-state index is 0. The molecule has 0 aliphatic heterocycles. The first-order valence-electron chi connectivity index (χ1n) is 4.53. The molecule has 0 aromatic heterocycles. The maximum absolute atomic E-state index is 3.72. The Morgan fingerprint density at radius 3 is 0.938 bits per heavy atom. The van der Waals surface area contributed by atoms with Gasteiger partial charge in [0.05, 0.1) is 0 Å². The van der Waals surface area contributed by atoms with Crippen LogP contribution in [0.4, 0.5) is 0 Å². The molecular formula is C14H16NPd-3. The third-order valence-corrected chi connectivity index (χ3v) is 1.69. The van der Waals surface area contributed by atoms with E-state index in [1.54, 1.807) is 0 Å². The average Bonchev–Trinajstić information content (AvgIpc) is 2.21. The Morgan fingerprint density at radius 1 is 0.562 bits per heavy atom. The van der Waals surface area contributed by atoms with Crippen molar-refractivity contribution in [1.29, 1.82) is 0 Å². The van der Waals surface area contributed by atoms with Crippen molar-refractivity contribution in [3.8, 4) is 0 Å². The van der Waals surface area contributed by atoms with Crippen molar-refractivity contribution in [3.05, 3.63) is 91.8 Å². The van der Waals surface area contributed by atoms with Crippen molar-refractivity contribution < 1.29 is 20.4 Å². The van der Waals surface area contributed by atoms with Gasteiger partial charge in [0.15, 0.2) is 0 Å². The van der Waals surface area contributed by atoms with Gasteiger partial charge in [-0.1, -0.05) is 12.1 Å². The van der Waals surface area contributed by atoms with E-state index in [1.807, 2.05) is 60.7 Å². The molecule has 1 nitrogen and oxygen atoms in total. The van der Waals surface area contributed by atoms with Gasteiger partial charge in [0, 0.05) is 20.4 Å². The molecular weight excluding hydrogens is 289 g/mol. The van der Waals surface area contributed by atoms with Gasteiger partial charge >= 0.3 is 0 Å². The van der Waals surface area contributed by atoms with Crippen LogP contribution in [-0.2, 0) is 20.4 Å². The first-order valence-corrected chi connectivity index (χ1v) is 4.53. The monoisotopic (exact) mass is 304 g/mol. The molecule has 0 aliphatic rings. The second-order valence-electron chi connectivity index (χ2n) is 2.97. The Bertz CT molecular complexity index is 308. The van der Waals surface area contributed by atoms with Crippen LogP contribution in [0, 0.1) is 13.8 Å². The summed E-state index contributed by atoms with van der Waals surface area (Å²) in [5.74, 6) is 0. The smallest absolute Gasteiger partial charge is 0 e. The quantitative estimate of drug-likeness (QED) is 0.509. The van der Waals surface area contributed by atoms with Crippen LogP contribution < -0.4 is 0 Å². The number of hydrogen-bond acceptors (Lipinski definition) is 0. The zero-order valence-electron chi connectivity index (χ0n) is 9.08. The van der Waals surface area contributed by atoms with E-state index in [1.165, 1.54) is 0 Å². The molecule has 0 bridgehead atoms. The van der Waals surface area contributed by atoms with Gasteiger partial charge in [-0.25, -0.2) is 0 Å². The number of nitrogens with two attached hydrogens (primary N) is 1. The van der Waals surface area contributed by atoms with Gasteiger partial charge in [-0.2, -0.15) is 49.2 Å². The third kappa shape index (κ3) is 8.14. The molecule has 0 saturated heterocycles. The van der Waals surface area contributed by atoms with E-state index in [2.05, 4.69) is 13.8 Å². The first kappa shape index (κ1) is 17.2. The van der Waals surface area contributed by atoms with Gasteiger partial charge in [0.1, 0.15) is 0 Å². The number of hydrogen-bond donors (Lipinski definition) is 0. The first-order chi connectivity index (χ1) is 6.79. The van der Waals surface area contributed by atoms with E-state index in [9.17, 15) is 0 Å². The summed E-state index contributed by atoms with van der Waals surface area (Å²) in [4.78, 5) is 0. The Labute approximate surface area is 112 Å². The second-order valence-corrected chi connectivity index (χ2v) is 2.97. The van der Waals surface area contributed by atoms with Gasteiger partial charge in [0.2, 0.25) is 0 Å². The minimum Gasteiger partial charge on any atom is -0.693 e. The molecule has 2 heteroatoms. The van der Waals surface area contributed by atoms with Crippen LogP contribution in [0.2, 0.25) is 0 Å². The molecule has 0 saturated carbocycles. The molecule has 2 aromatic carbocycles. The summed E-state index contributed by atoms with van der Waals surface area (Å²) < 4.78 is 0. The molecule has 0 unspecified atom stereocenters. The van der Waals surface area contributed by atoms with Crippen LogP contribution in [0.3, 0.4) is 0 Å². The summed E-state index contributed by atoms with van der Waals surface area (Å²) >= 11 is 0. The van der Waals surface area contributed by atoms with E-state index in [4.69, 9.17) is 0 Å². The van der Waals surface area contributed by atoms with Crippen LogP contribution >= 0.6 is 0 Å². The fourth-order valence-electron chi connectivity index (χ4n) is 0.956. The van der Waals surface area contributed by atoms with Crippen molar-refractivity contribution in [1.82, 2.24) is 0 Å². The van der Waals surface area contributed by atoms with Crippen LogP contribution in [0.1, 0.15) is 11.1 Å². The van der Waals surface area contributed by atoms with Crippen molar-refractivity contribution in [2.45, 2.75) is 0 Å². The molecule has 0 atom stereocenters. The summed E-state index contributed by atoms with van der Waals surface area (Å²) in [7, 11) is 0. The molecule has 0 spiro atoms. The zero-order chi connectivity index (χ0) is 10.2. The van der Waals surface area contributed by atoms with E-state index < -0.39 is 0 Å². The Hall–Kier alpha value is -1.20. The standard InChI is InChI=1S/2C7H7.H2N.Pd/c2*1-7-5-3-2-4-6-7;;/h2*2-6H,1H2;1H2;/q3*-1;. The molecule has 0 amide bonds. The second kappa shape index (κ2) is 10.3. The maximum Gasteiger partial charge on any atom is 0 e. The molecule has 0 fully saturated rings. The summed E-state index contributed by atoms with van der Waals surface area (Å²) in [6.07, 6.45) is 0. The molecule has 2 N–H and O–H groups in total. The third-order valence-electron chi connectivity index (χ3n) is 1.69. The molecule has 0 radical (unpaired) electrons. The van der Waals surface area contributed by atoms with E-state index in [-0.39, 0.29) is 26.6 Å². The number of rotatable bonds is 0. The van der Waals surface area contributed by atoms with Gasteiger partial charge in [-0.05, 0) is 0 Å². The fourth-order valence-corrected chi connectivity index (χ4v) is 0.956. The average molecular weight is 305 g/mol. The van der Waals surface area contributed by atoms with Crippen LogP contribution in [0.5, 0.6) is 0 Å². The maximum atomic E-state index is 3.72. The Balaban J connectivity index is 0. The summed E-state index contributed by atoms with van der Waals surface area (Å²) in [5, 5.41) is 0. The van der Waals surface area contributed by atoms with E-state index in [0.29, 0.717) is 0 Å². The zero-order valence-corrected chi connectivity index (χ0v) is 10.6. The van der Waals surface area contributed by atoms with Crippen molar-refractivity contribution in [2.24, 2.45) is 0 Å². The van der Waals surface area contributed by atoms with Gasteiger partial charge in [0.25, 0.3) is 0 Å². The molecule has 2 rings (SSSR count). The Kier molecular flexibility index (Phi) is 11.1.